The predicted octanol–water partition coefficient (Wildman–Crippen LogP) is 2.03. The lowest BCUT2D eigenvalue weighted by Crippen LogP contribution is -2.47. The summed E-state index contributed by atoms with van der Waals surface area (Å²) in [5.74, 6) is 0.575. The molecule has 1 aliphatic heterocycles. The van der Waals surface area contributed by atoms with E-state index in [1.165, 1.54) is 28.9 Å². The number of sulfonamides is 1. The number of aromatic nitrogens is 3. The first-order valence-corrected chi connectivity index (χ1v) is 13.3. The number of hydrogen-bond acceptors (Lipinski definition) is 9. The highest BCUT2D eigenvalue weighted by Crippen LogP contribution is 2.24. The van der Waals surface area contributed by atoms with E-state index in [2.05, 4.69) is 25.2 Å². The smallest absolute Gasteiger partial charge is 0.276 e. The van der Waals surface area contributed by atoms with Crippen LogP contribution in [0.5, 0.6) is 0 Å². The number of nitrogens with one attached hydrogen (secondary N) is 2. The molecule has 4 rings (SSSR count). The Kier molecular flexibility index (Phi) is 7.76. The van der Waals surface area contributed by atoms with Gasteiger partial charge in [0.05, 0.1) is 34.8 Å². The van der Waals surface area contributed by atoms with Crippen LogP contribution in [-0.4, -0.2) is 77.0 Å². The molecule has 1 aliphatic rings. The third kappa shape index (κ3) is 6.44. The Bertz CT molecular complexity index is 1500. The van der Waals surface area contributed by atoms with E-state index in [1.807, 2.05) is 0 Å². The number of nitrogens with zero attached hydrogens (tertiary/aromatic N) is 5. The van der Waals surface area contributed by atoms with Gasteiger partial charge in [-0.15, -0.1) is 0 Å². The average Bonchev–Trinajstić information content (AvgIpc) is 2.88. The fourth-order valence-electron chi connectivity index (χ4n) is 4.06. The van der Waals surface area contributed by atoms with Gasteiger partial charge >= 0.3 is 0 Å². The molecule has 2 N–H and O–H groups in total. The van der Waals surface area contributed by atoms with Crippen LogP contribution in [0.4, 0.5) is 11.5 Å². The summed E-state index contributed by atoms with van der Waals surface area (Å²) in [4.78, 5) is 37.0. The molecule has 37 heavy (non-hydrogen) atoms. The molecule has 194 valence electrons. The van der Waals surface area contributed by atoms with E-state index < -0.39 is 14.9 Å². The first-order chi connectivity index (χ1) is 17.6. The van der Waals surface area contributed by atoms with Gasteiger partial charge in [-0.05, 0) is 29.8 Å². The van der Waals surface area contributed by atoms with Gasteiger partial charge in [0.25, 0.3) is 11.2 Å². The number of hydrogen-bond donors (Lipinski definition) is 2. The summed E-state index contributed by atoms with van der Waals surface area (Å²) in [5, 5.41) is 14.6. The zero-order valence-corrected chi connectivity index (χ0v) is 21.2. The van der Waals surface area contributed by atoms with Crippen LogP contribution >= 0.6 is 0 Å². The molecule has 1 fully saturated rings. The van der Waals surface area contributed by atoms with E-state index in [9.17, 15) is 23.3 Å². The maximum Gasteiger partial charge on any atom is 0.276 e. The number of nitro groups is 1. The Hall–Kier alpha value is -3.94. The maximum absolute atomic E-state index is 12.5. The molecule has 0 aliphatic carbocycles. The van der Waals surface area contributed by atoms with Crippen LogP contribution in [0.1, 0.15) is 16.7 Å². The van der Waals surface area contributed by atoms with Crippen LogP contribution in [0, 0.1) is 10.1 Å². The molecule has 0 amide bonds. The molecule has 1 saturated heterocycles. The Morgan fingerprint density at radius 2 is 1.86 bits per heavy atom. The molecule has 0 spiro atoms. The van der Waals surface area contributed by atoms with Gasteiger partial charge in [0.2, 0.25) is 10.0 Å². The highest BCUT2D eigenvalue weighted by atomic mass is 32.2. The monoisotopic (exact) mass is 525 g/mol. The minimum atomic E-state index is -3.22. The van der Waals surface area contributed by atoms with Crippen molar-refractivity contribution in [2.75, 3.05) is 44.8 Å². The summed E-state index contributed by atoms with van der Waals surface area (Å²) in [5.41, 5.74) is 2.29. The van der Waals surface area contributed by atoms with Gasteiger partial charge in [-0.3, -0.25) is 24.8 Å². The van der Waals surface area contributed by atoms with Crippen molar-refractivity contribution >= 4 is 33.7 Å². The average molecular weight is 526 g/mol. The minimum Gasteiger partial charge on any atom is -0.372 e. The van der Waals surface area contributed by atoms with E-state index in [4.69, 9.17) is 0 Å². The van der Waals surface area contributed by atoms with Crippen molar-refractivity contribution in [3.05, 3.63) is 80.0 Å². The van der Waals surface area contributed by atoms with E-state index >= 15 is 0 Å². The number of rotatable bonds is 8. The Balaban J connectivity index is 1.57. The number of anilines is 1. The number of pyridine rings is 1. The van der Waals surface area contributed by atoms with Crippen LogP contribution in [0.3, 0.4) is 0 Å². The second kappa shape index (κ2) is 11.0. The lowest BCUT2D eigenvalue weighted by atomic mass is 10.1. The Morgan fingerprint density at radius 1 is 1.14 bits per heavy atom. The molecule has 3 aromatic rings. The molecule has 2 aromatic heterocycles. The SMILES string of the molecule is CNc1cncc(-c2c[nH]c(=O)c(/C=C/c3cc(CN4CCN(S(C)(=O)=O)CC4)ccc3[N+](=O)[O-])c2)n1. The van der Waals surface area contributed by atoms with Crippen LogP contribution in [0.25, 0.3) is 23.4 Å². The molecule has 0 radical (unpaired) electrons. The number of H-pyrrole nitrogens is 1. The van der Waals surface area contributed by atoms with Crippen molar-refractivity contribution in [2.24, 2.45) is 0 Å². The van der Waals surface area contributed by atoms with Crippen molar-refractivity contribution in [3.8, 4) is 11.3 Å². The largest absolute Gasteiger partial charge is 0.372 e. The van der Waals surface area contributed by atoms with Crippen molar-refractivity contribution in [2.45, 2.75) is 6.54 Å². The first-order valence-electron chi connectivity index (χ1n) is 11.5. The quantitative estimate of drug-likeness (QED) is 0.332. The lowest BCUT2D eigenvalue weighted by Gasteiger charge is -2.33. The summed E-state index contributed by atoms with van der Waals surface area (Å²) in [6.07, 6.45) is 8.97. The van der Waals surface area contributed by atoms with E-state index in [0.29, 0.717) is 60.9 Å². The molecular formula is C24H27N7O5S. The normalized spacial score (nSPS) is 15.2. The molecule has 3 heterocycles. The van der Waals surface area contributed by atoms with Crippen molar-refractivity contribution in [1.29, 1.82) is 0 Å². The van der Waals surface area contributed by atoms with Gasteiger partial charge in [-0.1, -0.05) is 6.07 Å². The lowest BCUT2D eigenvalue weighted by molar-refractivity contribution is -0.385. The number of aromatic amines is 1. The summed E-state index contributed by atoms with van der Waals surface area (Å²) in [6, 6.07) is 6.51. The highest BCUT2D eigenvalue weighted by Gasteiger charge is 2.23. The predicted molar refractivity (Wildman–Crippen MR) is 141 cm³/mol. The summed E-state index contributed by atoms with van der Waals surface area (Å²) < 4.78 is 24.9. The van der Waals surface area contributed by atoms with Gasteiger partial charge in [-0.25, -0.2) is 13.4 Å². The maximum atomic E-state index is 12.5. The summed E-state index contributed by atoms with van der Waals surface area (Å²) in [7, 11) is -1.49. The summed E-state index contributed by atoms with van der Waals surface area (Å²) >= 11 is 0. The van der Waals surface area contributed by atoms with Crippen LogP contribution in [-0.2, 0) is 16.6 Å². The molecule has 0 bridgehead atoms. The van der Waals surface area contributed by atoms with E-state index in [1.54, 1.807) is 43.7 Å². The zero-order chi connectivity index (χ0) is 26.6. The molecule has 0 unspecified atom stereocenters. The Morgan fingerprint density at radius 3 is 2.54 bits per heavy atom. The van der Waals surface area contributed by atoms with Crippen LogP contribution in [0.15, 0.2) is 47.7 Å². The molecular weight excluding hydrogens is 498 g/mol. The van der Waals surface area contributed by atoms with Gasteiger partial charge in [0.1, 0.15) is 5.82 Å². The second-order valence-corrected chi connectivity index (χ2v) is 10.6. The van der Waals surface area contributed by atoms with E-state index in [-0.39, 0.29) is 11.2 Å². The van der Waals surface area contributed by atoms with Crippen molar-refractivity contribution in [1.82, 2.24) is 24.2 Å². The fraction of sp³-hybridized carbons (Fsp3) is 0.292. The van der Waals surface area contributed by atoms with E-state index in [0.717, 1.165) is 5.56 Å². The van der Waals surface area contributed by atoms with Gasteiger partial charge < -0.3 is 10.3 Å². The number of benzene rings is 1. The summed E-state index contributed by atoms with van der Waals surface area (Å²) in [6.45, 7) is 2.45. The van der Waals surface area contributed by atoms with Crippen molar-refractivity contribution < 1.29 is 13.3 Å². The topological polar surface area (TPSA) is 154 Å². The molecule has 13 heteroatoms. The molecule has 0 atom stereocenters. The van der Waals surface area contributed by atoms with Crippen LogP contribution in [0.2, 0.25) is 0 Å². The molecule has 1 aromatic carbocycles. The van der Waals surface area contributed by atoms with Crippen molar-refractivity contribution in [3.63, 3.8) is 0 Å². The second-order valence-electron chi connectivity index (χ2n) is 8.63. The first kappa shape index (κ1) is 26.1. The number of piperazine rings is 1. The third-order valence-electron chi connectivity index (χ3n) is 6.06. The highest BCUT2D eigenvalue weighted by molar-refractivity contribution is 7.88. The minimum absolute atomic E-state index is 0.0814. The van der Waals surface area contributed by atoms with Crippen LogP contribution < -0.4 is 10.9 Å². The zero-order valence-electron chi connectivity index (χ0n) is 20.4. The third-order valence-corrected chi connectivity index (χ3v) is 7.36. The van der Waals surface area contributed by atoms with Gasteiger partial charge in [0.15, 0.2) is 0 Å². The van der Waals surface area contributed by atoms with Gasteiger partial charge in [-0.2, -0.15) is 4.31 Å². The Labute approximate surface area is 213 Å². The molecule has 12 nitrogen and oxygen atoms in total. The fourth-order valence-corrected chi connectivity index (χ4v) is 4.88. The van der Waals surface area contributed by atoms with Gasteiger partial charge in [0, 0.05) is 63.2 Å². The molecule has 0 saturated carbocycles. The standard InChI is InChI=1S/C24H27N7O5S/c1-25-23-15-26-14-21(28-23)20-12-19(24(32)27-13-20)5-4-18-11-17(3-6-22(18)31(33)34)16-29-7-9-30(10-8-29)37(2,35)36/h3-6,11-15H,7-10,16H2,1-2H3,(H,25,28)(H,27,32)/b5-4+. The number of nitro benzene ring substituents is 1.